The van der Waals surface area contributed by atoms with Crippen molar-refractivity contribution in [2.45, 2.75) is 31.7 Å². The van der Waals surface area contributed by atoms with E-state index in [1.807, 2.05) is 12.1 Å². The number of hydrogen-bond acceptors (Lipinski definition) is 4. The van der Waals surface area contributed by atoms with Crippen molar-refractivity contribution in [1.29, 1.82) is 0 Å². The SMILES string of the molecule is CC[n+]1c(/C=C2\Sc3ccc4ccccc4c3N2CCCS(=O)(=O)O)ccc2cc(C)ccc21. The summed E-state index contributed by atoms with van der Waals surface area (Å²) in [5.74, 6) is -0.258. The van der Waals surface area contributed by atoms with Crippen LogP contribution in [0.25, 0.3) is 27.8 Å². The molecule has 0 aliphatic carbocycles. The van der Waals surface area contributed by atoms with E-state index < -0.39 is 10.1 Å². The first-order chi connectivity index (χ1) is 16.3. The van der Waals surface area contributed by atoms with E-state index in [1.165, 1.54) is 16.5 Å². The van der Waals surface area contributed by atoms with E-state index in [0.717, 1.165) is 38.6 Å². The average molecular weight is 492 g/mol. The van der Waals surface area contributed by atoms with E-state index in [4.69, 9.17) is 0 Å². The number of benzene rings is 3. The fourth-order valence-corrected chi connectivity index (χ4v) is 6.32. The van der Waals surface area contributed by atoms with Gasteiger partial charge in [0.25, 0.3) is 10.1 Å². The molecule has 0 amide bonds. The van der Waals surface area contributed by atoms with Crippen LogP contribution in [0.1, 0.15) is 24.6 Å². The Morgan fingerprint density at radius 3 is 2.62 bits per heavy atom. The normalized spacial score (nSPS) is 14.9. The highest BCUT2D eigenvalue weighted by molar-refractivity contribution is 8.04. The van der Waals surface area contributed by atoms with Gasteiger partial charge in [0.15, 0.2) is 0 Å². The molecule has 4 aromatic rings. The molecule has 5 nitrogen and oxygen atoms in total. The lowest BCUT2D eigenvalue weighted by atomic mass is 10.1. The van der Waals surface area contributed by atoms with Gasteiger partial charge < -0.3 is 4.90 Å². The summed E-state index contributed by atoms with van der Waals surface area (Å²) in [7, 11) is -4.01. The molecule has 1 aromatic heterocycles. The molecular weight excluding hydrogens is 464 g/mol. The maximum atomic E-state index is 11.4. The first-order valence-corrected chi connectivity index (χ1v) is 13.8. The van der Waals surface area contributed by atoms with Crippen LogP contribution in [0.2, 0.25) is 0 Å². The molecule has 2 heterocycles. The zero-order chi connectivity index (χ0) is 23.9. The Morgan fingerprint density at radius 1 is 1.03 bits per heavy atom. The van der Waals surface area contributed by atoms with Crippen LogP contribution in [0.15, 0.2) is 76.7 Å². The van der Waals surface area contributed by atoms with Crippen molar-refractivity contribution in [3.63, 3.8) is 0 Å². The fourth-order valence-electron chi connectivity index (χ4n) is 4.67. The van der Waals surface area contributed by atoms with Gasteiger partial charge in [0, 0.05) is 40.4 Å². The zero-order valence-corrected chi connectivity index (χ0v) is 20.9. The van der Waals surface area contributed by atoms with E-state index >= 15 is 0 Å². The number of pyridine rings is 1. The predicted octanol–water partition coefficient (Wildman–Crippen LogP) is 5.80. The minimum Gasteiger partial charge on any atom is -0.334 e. The van der Waals surface area contributed by atoms with Crippen LogP contribution >= 0.6 is 11.8 Å². The third kappa shape index (κ3) is 4.43. The molecule has 0 radical (unpaired) electrons. The Bertz CT molecular complexity index is 1540. The van der Waals surface area contributed by atoms with Gasteiger partial charge >= 0.3 is 0 Å². The maximum absolute atomic E-state index is 11.4. The Labute approximate surface area is 204 Å². The van der Waals surface area contributed by atoms with Gasteiger partial charge in [-0.2, -0.15) is 13.0 Å². The topological polar surface area (TPSA) is 61.5 Å². The third-order valence-corrected chi connectivity index (χ3v) is 8.11. The highest BCUT2D eigenvalue weighted by Crippen LogP contribution is 2.50. The lowest BCUT2D eigenvalue weighted by Crippen LogP contribution is -2.37. The molecule has 5 rings (SSSR count). The van der Waals surface area contributed by atoms with Crippen LogP contribution < -0.4 is 9.47 Å². The van der Waals surface area contributed by atoms with E-state index in [0.29, 0.717) is 13.0 Å². The summed E-state index contributed by atoms with van der Waals surface area (Å²) in [6, 6.07) is 23.3. The molecule has 0 spiro atoms. The molecular formula is C27H27N2O3S2+. The predicted molar refractivity (Wildman–Crippen MR) is 141 cm³/mol. The molecule has 174 valence electrons. The number of thioether (sulfide) groups is 1. The molecule has 3 aromatic carbocycles. The van der Waals surface area contributed by atoms with Gasteiger partial charge in [-0.3, -0.25) is 4.55 Å². The zero-order valence-electron chi connectivity index (χ0n) is 19.2. The molecule has 0 saturated heterocycles. The molecule has 1 aliphatic rings. The maximum Gasteiger partial charge on any atom is 0.264 e. The number of anilines is 1. The number of rotatable bonds is 6. The monoisotopic (exact) mass is 491 g/mol. The van der Waals surface area contributed by atoms with Crippen LogP contribution in [-0.4, -0.2) is 25.3 Å². The van der Waals surface area contributed by atoms with Gasteiger partial charge in [0.1, 0.15) is 6.54 Å². The van der Waals surface area contributed by atoms with Crippen molar-refractivity contribution in [2.75, 3.05) is 17.2 Å². The summed E-state index contributed by atoms with van der Waals surface area (Å²) >= 11 is 1.70. The third-order valence-electron chi connectivity index (χ3n) is 6.20. The van der Waals surface area contributed by atoms with Gasteiger partial charge in [-0.25, -0.2) is 0 Å². The Hall–Kier alpha value is -2.87. The number of aromatic nitrogens is 1. The van der Waals surface area contributed by atoms with Gasteiger partial charge in [-0.05, 0) is 43.9 Å². The van der Waals surface area contributed by atoms with Crippen LogP contribution in [0.4, 0.5) is 5.69 Å². The molecule has 0 saturated carbocycles. The van der Waals surface area contributed by atoms with Crippen molar-refractivity contribution in [1.82, 2.24) is 0 Å². The van der Waals surface area contributed by atoms with E-state index in [-0.39, 0.29) is 5.75 Å². The highest BCUT2D eigenvalue weighted by Gasteiger charge is 2.28. The fraction of sp³-hybridized carbons (Fsp3) is 0.222. The standard InChI is InChI=1S/C27H26N2O3S2/c1-3-28-22(12-10-21-17-19(2)9-13-24(21)28)18-26-29(15-6-16-34(30,31)32)27-23-8-5-4-7-20(23)11-14-25(27)33-26/h4-5,7-14,17-18H,3,6,15-16H2,1-2H3/p+1. The largest absolute Gasteiger partial charge is 0.334 e. The van der Waals surface area contributed by atoms with Gasteiger partial charge in [-0.15, -0.1) is 0 Å². The van der Waals surface area contributed by atoms with Gasteiger partial charge in [-0.1, -0.05) is 53.7 Å². The molecule has 0 atom stereocenters. The molecule has 1 aliphatic heterocycles. The summed E-state index contributed by atoms with van der Waals surface area (Å²) in [6.07, 6.45) is 2.53. The second-order valence-corrected chi connectivity index (χ2v) is 11.2. The van der Waals surface area contributed by atoms with E-state index in [9.17, 15) is 13.0 Å². The molecule has 7 heteroatoms. The van der Waals surface area contributed by atoms with Crippen molar-refractivity contribution in [3.05, 3.63) is 83.0 Å². The summed E-state index contributed by atoms with van der Waals surface area (Å²) in [5, 5.41) is 4.55. The summed E-state index contributed by atoms with van der Waals surface area (Å²) < 4.78 is 34.3. The number of hydrogen-bond donors (Lipinski definition) is 1. The minimum atomic E-state index is -4.01. The molecule has 34 heavy (non-hydrogen) atoms. The Balaban J connectivity index is 1.62. The van der Waals surface area contributed by atoms with Gasteiger partial charge in [0.2, 0.25) is 11.2 Å². The van der Waals surface area contributed by atoms with Crippen LogP contribution in [0, 0.1) is 6.92 Å². The number of aryl methyl sites for hydroxylation is 2. The first kappa shape index (κ1) is 22.9. The molecule has 1 N–H and O–H groups in total. The van der Waals surface area contributed by atoms with E-state index in [2.05, 4.69) is 84.0 Å². The highest BCUT2D eigenvalue weighted by atomic mass is 32.2. The second-order valence-electron chi connectivity index (χ2n) is 8.57. The number of fused-ring (bicyclic) bond motifs is 4. The summed E-state index contributed by atoms with van der Waals surface area (Å²) in [5.41, 5.74) is 4.62. The quantitative estimate of drug-likeness (QED) is 0.273. The van der Waals surface area contributed by atoms with Crippen molar-refractivity contribution in [2.24, 2.45) is 0 Å². The van der Waals surface area contributed by atoms with Crippen LogP contribution in [-0.2, 0) is 16.7 Å². The Kier molecular flexibility index (Phi) is 6.10. The van der Waals surface area contributed by atoms with Crippen LogP contribution in [0.5, 0.6) is 0 Å². The first-order valence-electron chi connectivity index (χ1n) is 11.4. The van der Waals surface area contributed by atoms with Crippen molar-refractivity contribution in [3.8, 4) is 0 Å². The van der Waals surface area contributed by atoms with Crippen molar-refractivity contribution >= 4 is 55.3 Å². The Morgan fingerprint density at radius 2 is 1.82 bits per heavy atom. The van der Waals surface area contributed by atoms with Crippen LogP contribution in [0.3, 0.4) is 0 Å². The number of nitrogens with zero attached hydrogens (tertiary/aromatic N) is 2. The molecule has 0 unspecified atom stereocenters. The smallest absolute Gasteiger partial charge is 0.264 e. The summed E-state index contributed by atoms with van der Waals surface area (Å²) in [6.45, 7) is 5.59. The van der Waals surface area contributed by atoms with Gasteiger partial charge in [0.05, 0.1) is 16.5 Å². The lowest BCUT2D eigenvalue weighted by Gasteiger charge is -2.21. The minimum absolute atomic E-state index is 0.258. The average Bonchev–Trinajstić information content (AvgIpc) is 3.15. The van der Waals surface area contributed by atoms with E-state index in [1.54, 1.807) is 11.8 Å². The second kappa shape index (κ2) is 9.06. The summed E-state index contributed by atoms with van der Waals surface area (Å²) in [4.78, 5) is 3.35. The molecule has 0 bridgehead atoms. The lowest BCUT2D eigenvalue weighted by molar-refractivity contribution is -0.669. The molecule has 0 fully saturated rings. The van der Waals surface area contributed by atoms with Crippen molar-refractivity contribution < 1.29 is 17.5 Å².